The Hall–Kier alpha value is -1.33. The van der Waals surface area contributed by atoms with E-state index in [-0.39, 0.29) is 0 Å². The van der Waals surface area contributed by atoms with Crippen LogP contribution >= 0.6 is 27.5 Å². The molecule has 6 heteroatoms. The molecule has 0 bridgehead atoms. The van der Waals surface area contributed by atoms with Crippen LogP contribution in [0.3, 0.4) is 0 Å². The van der Waals surface area contributed by atoms with Gasteiger partial charge in [-0.05, 0) is 23.8 Å². The van der Waals surface area contributed by atoms with Crippen LogP contribution in [0.5, 0.6) is 0 Å². The SMILES string of the molecule is Clc1cc(CBr)ccc1N1CCN(c2ncccn2)CC1. The quantitative estimate of drug-likeness (QED) is 0.779. The van der Waals surface area contributed by atoms with E-state index in [0.717, 1.165) is 48.2 Å². The van der Waals surface area contributed by atoms with Gasteiger partial charge in [0.2, 0.25) is 5.95 Å². The minimum atomic E-state index is 0.804. The van der Waals surface area contributed by atoms with Crippen LogP contribution in [0.2, 0.25) is 5.02 Å². The molecule has 3 rings (SSSR count). The Morgan fingerprint density at radius 1 is 1.05 bits per heavy atom. The molecule has 1 aliphatic heterocycles. The van der Waals surface area contributed by atoms with E-state index in [0.29, 0.717) is 0 Å². The van der Waals surface area contributed by atoms with Crippen molar-refractivity contribution in [3.05, 3.63) is 47.2 Å². The molecule has 0 saturated carbocycles. The first kappa shape index (κ1) is 14.6. The van der Waals surface area contributed by atoms with Crippen LogP contribution in [-0.4, -0.2) is 36.1 Å². The van der Waals surface area contributed by atoms with Gasteiger partial charge in [-0.1, -0.05) is 33.6 Å². The molecule has 0 atom stereocenters. The zero-order chi connectivity index (χ0) is 14.7. The number of rotatable bonds is 3. The van der Waals surface area contributed by atoms with Crippen LogP contribution in [0.25, 0.3) is 0 Å². The molecular weight excluding hydrogens is 352 g/mol. The van der Waals surface area contributed by atoms with Crippen molar-refractivity contribution in [1.29, 1.82) is 0 Å². The number of piperazine rings is 1. The van der Waals surface area contributed by atoms with Gasteiger partial charge in [-0.3, -0.25) is 0 Å². The Bertz CT molecular complexity index is 600. The van der Waals surface area contributed by atoms with Gasteiger partial charge in [0.25, 0.3) is 0 Å². The molecule has 21 heavy (non-hydrogen) atoms. The number of halogens is 2. The van der Waals surface area contributed by atoms with E-state index in [1.54, 1.807) is 12.4 Å². The van der Waals surface area contributed by atoms with Gasteiger partial charge < -0.3 is 9.80 Å². The maximum atomic E-state index is 6.39. The molecule has 4 nitrogen and oxygen atoms in total. The summed E-state index contributed by atoms with van der Waals surface area (Å²) in [4.78, 5) is 13.1. The van der Waals surface area contributed by atoms with E-state index in [1.807, 2.05) is 12.1 Å². The highest BCUT2D eigenvalue weighted by molar-refractivity contribution is 9.08. The van der Waals surface area contributed by atoms with Crippen molar-refractivity contribution in [2.24, 2.45) is 0 Å². The molecule has 0 aliphatic carbocycles. The first-order valence-corrected chi connectivity index (χ1v) is 8.39. The van der Waals surface area contributed by atoms with Crippen molar-refractivity contribution < 1.29 is 0 Å². The predicted octanol–water partition coefficient (Wildman–Crippen LogP) is 3.35. The largest absolute Gasteiger partial charge is 0.367 e. The Morgan fingerprint density at radius 2 is 1.71 bits per heavy atom. The summed E-state index contributed by atoms with van der Waals surface area (Å²) in [6.07, 6.45) is 3.56. The molecule has 1 aromatic carbocycles. The summed E-state index contributed by atoms with van der Waals surface area (Å²) in [5, 5.41) is 1.64. The average molecular weight is 368 g/mol. The van der Waals surface area contributed by atoms with Gasteiger partial charge in [0.1, 0.15) is 0 Å². The predicted molar refractivity (Wildman–Crippen MR) is 90.5 cm³/mol. The third-order valence-corrected chi connectivity index (χ3v) is 4.57. The number of benzene rings is 1. The Kier molecular flexibility index (Phi) is 4.60. The minimum absolute atomic E-state index is 0.804. The standard InChI is InChI=1S/C15H16BrClN4/c16-11-12-2-3-14(13(17)10-12)20-6-8-21(9-7-20)15-18-4-1-5-19-15/h1-5,10H,6-9,11H2. The lowest BCUT2D eigenvalue weighted by Crippen LogP contribution is -2.47. The fourth-order valence-electron chi connectivity index (χ4n) is 2.49. The van der Waals surface area contributed by atoms with Crippen LogP contribution in [0, 0.1) is 0 Å². The Balaban J connectivity index is 1.68. The third-order valence-electron chi connectivity index (χ3n) is 3.62. The van der Waals surface area contributed by atoms with Gasteiger partial charge in [-0.25, -0.2) is 9.97 Å². The van der Waals surface area contributed by atoms with E-state index in [2.05, 4.69) is 47.8 Å². The lowest BCUT2D eigenvalue weighted by Gasteiger charge is -2.36. The number of alkyl halides is 1. The highest BCUT2D eigenvalue weighted by Crippen LogP contribution is 2.28. The molecule has 2 heterocycles. The molecule has 0 N–H and O–H groups in total. The van der Waals surface area contributed by atoms with Crippen molar-refractivity contribution in [2.45, 2.75) is 5.33 Å². The zero-order valence-electron chi connectivity index (χ0n) is 11.5. The summed E-state index contributed by atoms with van der Waals surface area (Å²) in [7, 11) is 0. The third kappa shape index (κ3) is 3.30. The van der Waals surface area contributed by atoms with Crippen molar-refractivity contribution in [2.75, 3.05) is 36.0 Å². The Morgan fingerprint density at radius 3 is 2.33 bits per heavy atom. The number of aromatic nitrogens is 2. The number of hydrogen-bond donors (Lipinski definition) is 0. The summed E-state index contributed by atoms with van der Waals surface area (Å²) in [6.45, 7) is 3.65. The van der Waals surface area contributed by atoms with Crippen molar-refractivity contribution in [3.8, 4) is 0 Å². The van der Waals surface area contributed by atoms with Gasteiger partial charge in [-0.2, -0.15) is 0 Å². The zero-order valence-corrected chi connectivity index (χ0v) is 13.9. The molecular formula is C15H16BrClN4. The van der Waals surface area contributed by atoms with Crippen LogP contribution < -0.4 is 9.80 Å². The highest BCUT2D eigenvalue weighted by Gasteiger charge is 2.20. The lowest BCUT2D eigenvalue weighted by atomic mass is 10.2. The van der Waals surface area contributed by atoms with Gasteiger partial charge in [0, 0.05) is 43.9 Å². The molecule has 1 saturated heterocycles. The molecule has 0 amide bonds. The van der Waals surface area contributed by atoms with E-state index in [1.165, 1.54) is 5.56 Å². The molecule has 1 aromatic heterocycles. The number of nitrogens with zero attached hydrogens (tertiary/aromatic N) is 4. The molecule has 0 radical (unpaired) electrons. The van der Waals surface area contributed by atoms with Crippen LogP contribution in [0.15, 0.2) is 36.7 Å². The van der Waals surface area contributed by atoms with Crippen LogP contribution in [-0.2, 0) is 5.33 Å². The monoisotopic (exact) mass is 366 g/mol. The summed E-state index contributed by atoms with van der Waals surface area (Å²) < 4.78 is 0. The van der Waals surface area contributed by atoms with Crippen LogP contribution in [0.4, 0.5) is 11.6 Å². The summed E-state index contributed by atoms with van der Waals surface area (Å²) in [5.74, 6) is 0.804. The van der Waals surface area contributed by atoms with E-state index in [4.69, 9.17) is 11.6 Å². The molecule has 2 aromatic rings. The molecule has 1 aliphatic rings. The first-order chi connectivity index (χ1) is 10.3. The number of hydrogen-bond acceptors (Lipinski definition) is 4. The first-order valence-electron chi connectivity index (χ1n) is 6.89. The van der Waals surface area contributed by atoms with Gasteiger partial charge in [0.05, 0.1) is 10.7 Å². The summed E-state index contributed by atoms with van der Waals surface area (Å²) in [5.41, 5.74) is 2.30. The normalized spacial score (nSPS) is 15.3. The molecule has 110 valence electrons. The topological polar surface area (TPSA) is 32.3 Å². The lowest BCUT2D eigenvalue weighted by molar-refractivity contribution is 0.640. The van der Waals surface area contributed by atoms with Crippen molar-refractivity contribution in [1.82, 2.24) is 9.97 Å². The van der Waals surface area contributed by atoms with Crippen molar-refractivity contribution >= 4 is 39.2 Å². The molecule has 0 unspecified atom stereocenters. The van der Waals surface area contributed by atoms with Gasteiger partial charge in [-0.15, -0.1) is 0 Å². The second kappa shape index (κ2) is 6.62. The average Bonchev–Trinajstić information content (AvgIpc) is 2.56. The maximum absolute atomic E-state index is 6.39. The second-order valence-electron chi connectivity index (χ2n) is 4.94. The summed E-state index contributed by atoms with van der Waals surface area (Å²) in [6, 6.07) is 8.08. The maximum Gasteiger partial charge on any atom is 0.225 e. The Labute approximate surface area is 137 Å². The van der Waals surface area contributed by atoms with Gasteiger partial charge >= 0.3 is 0 Å². The van der Waals surface area contributed by atoms with Crippen LogP contribution in [0.1, 0.15) is 5.56 Å². The second-order valence-corrected chi connectivity index (χ2v) is 5.91. The molecule has 0 spiro atoms. The fraction of sp³-hybridized carbons (Fsp3) is 0.333. The van der Waals surface area contributed by atoms with E-state index >= 15 is 0 Å². The van der Waals surface area contributed by atoms with E-state index < -0.39 is 0 Å². The smallest absolute Gasteiger partial charge is 0.225 e. The highest BCUT2D eigenvalue weighted by atomic mass is 79.9. The molecule has 1 fully saturated rings. The van der Waals surface area contributed by atoms with Gasteiger partial charge in [0.15, 0.2) is 0 Å². The number of anilines is 2. The minimum Gasteiger partial charge on any atom is -0.367 e. The fourth-order valence-corrected chi connectivity index (χ4v) is 3.16. The summed E-state index contributed by atoms with van der Waals surface area (Å²) >= 11 is 9.85. The van der Waals surface area contributed by atoms with Crippen molar-refractivity contribution in [3.63, 3.8) is 0 Å². The van der Waals surface area contributed by atoms with E-state index in [9.17, 15) is 0 Å².